The summed E-state index contributed by atoms with van der Waals surface area (Å²) in [6, 6.07) is 17.5. The highest BCUT2D eigenvalue weighted by Crippen LogP contribution is 2.47. The number of rotatable bonds is 6. The highest BCUT2D eigenvalue weighted by molar-refractivity contribution is 8.93. The zero-order valence-corrected chi connectivity index (χ0v) is 17.3. The van der Waals surface area contributed by atoms with Gasteiger partial charge >= 0.3 is 0 Å². The Kier molecular flexibility index (Phi) is 6.48. The van der Waals surface area contributed by atoms with Gasteiger partial charge in [-0.25, -0.2) is 4.39 Å². The quantitative estimate of drug-likeness (QED) is 0.557. The molecule has 2 aliphatic rings. The molecule has 1 aliphatic heterocycles. The van der Waals surface area contributed by atoms with E-state index in [1.165, 1.54) is 43.4 Å². The van der Waals surface area contributed by atoms with E-state index >= 15 is 0 Å². The summed E-state index contributed by atoms with van der Waals surface area (Å²) >= 11 is 0. The summed E-state index contributed by atoms with van der Waals surface area (Å²) in [5.41, 5.74) is 2.41. The Bertz CT molecular complexity index is 764. The van der Waals surface area contributed by atoms with Gasteiger partial charge in [0.2, 0.25) is 0 Å². The lowest BCUT2D eigenvalue weighted by Gasteiger charge is -2.32. The Hall–Kier alpha value is -1.52. The van der Waals surface area contributed by atoms with Crippen LogP contribution < -0.4 is 0 Å². The molecule has 1 heterocycles. The molecule has 0 radical (unpaired) electrons. The fraction of sp³-hybridized carbons (Fsp3) is 0.435. The van der Waals surface area contributed by atoms with Crippen molar-refractivity contribution >= 4 is 22.8 Å². The third-order valence-electron chi connectivity index (χ3n) is 6.24. The van der Waals surface area contributed by atoms with Crippen LogP contribution in [0.4, 0.5) is 4.39 Å². The molecule has 2 unspecified atom stereocenters. The summed E-state index contributed by atoms with van der Waals surface area (Å²) in [4.78, 5) is 14.9. The van der Waals surface area contributed by atoms with Crippen LogP contribution in [-0.4, -0.2) is 29.8 Å². The van der Waals surface area contributed by atoms with E-state index in [4.69, 9.17) is 0 Å². The number of benzene rings is 2. The highest BCUT2D eigenvalue weighted by atomic mass is 79.9. The van der Waals surface area contributed by atoms with Crippen LogP contribution in [0.5, 0.6) is 0 Å². The normalized spacial score (nSPS) is 24.4. The Morgan fingerprint density at radius 1 is 1.11 bits per heavy atom. The van der Waals surface area contributed by atoms with Crippen molar-refractivity contribution in [1.82, 2.24) is 4.90 Å². The van der Waals surface area contributed by atoms with Crippen LogP contribution in [0, 0.1) is 5.82 Å². The van der Waals surface area contributed by atoms with Crippen molar-refractivity contribution in [3.05, 3.63) is 71.5 Å². The van der Waals surface area contributed by atoms with Gasteiger partial charge < -0.3 is 0 Å². The van der Waals surface area contributed by atoms with Gasteiger partial charge in [-0.05, 0) is 62.1 Å². The van der Waals surface area contributed by atoms with Gasteiger partial charge in [0.1, 0.15) is 5.82 Å². The molecular formula is C23H27BrFNO. The Morgan fingerprint density at radius 3 is 2.59 bits per heavy atom. The predicted octanol–water partition coefficient (Wildman–Crippen LogP) is 5.56. The summed E-state index contributed by atoms with van der Waals surface area (Å²) in [6.45, 7) is 2.10. The van der Waals surface area contributed by atoms with Gasteiger partial charge in [-0.3, -0.25) is 9.69 Å². The molecular weight excluding hydrogens is 405 g/mol. The average Bonchev–Trinajstić information content (AvgIpc) is 2.93. The molecule has 4 rings (SSSR count). The smallest absolute Gasteiger partial charge is 0.162 e. The molecule has 4 heteroatoms. The van der Waals surface area contributed by atoms with Crippen molar-refractivity contribution in [3.63, 3.8) is 0 Å². The zero-order valence-electron chi connectivity index (χ0n) is 15.6. The second-order valence-corrected chi connectivity index (χ2v) is 7.90. The minimum absolute atomic E-state index is 0. The number of halogens is 2. The maximum atomic E-state index is 13.0. The third-order valence-corrected chi connectivity index (χ3v) is 6.24. The number of carbonyl (C=O) groups excluding carboxylic acids is 1. The van der Waals surface area contributed by atoms with Crippen molar-refractivity contribution in [2.24, 2.45) is 0 Å². The first-order valence-corrected chi connectivity index (χ1v) is 9.75. The Morgan fingerprint density at radius 2 is 1.85 bits per heavy atom. The summed E-state index contributed by atoms with van der Waals surface area (Å²) in [5.74, 6) is -0.179. The number of hydrogen-bond acceptors (Lipinski definition) is 2. The topological polar surface area (TPSA) is 20.3 Å². The summed E-state index contributed by atoms with van der Waals surface area (Å²) in [7, 11) is 0. The first kappa shape index (κ1) is 20.2. The second-order valence-electron chi connectivity index (χ2n) is 7.90. The van der Waals surface area contributed by atoms with Crippen molar-refractivity contribution in [1.29, 1.82) is 0 Å². The molecule has 2 fully saturated rings. The lowest BCUT2D eigenvalue weighted by atomic mass is 9.71. The summed E-state index contributed by atoms with van der Waals surface area (Å²) in [5, 5.41) is 0. The van der Waals surface area contributed by atoms with E-state index in [2.05, 4.69) is 35.2 Å². The molecule has 2 atom stereocenters. The molecule has 2 nitrogen and oxygen atoms in total. The molecule has 1 saturated heterocycles. The molecule has 0 aromatic heterocycles. The van der Waals surface area contributed by atoms with Gasteiger partial charge in [-0.15, -0.1) is 17.0 Å². The molecule has 2 aromatic rings. The molecule has 0 spiro atoms. The predicted molar refractivity (Wildman–Crippen MR) is 112 cm³/mol. The van der Waals surface area contributed by atoms with E-state index in [-0.39, 0.29) is 28.6 Å². The molecule has 2 bridgehead atoms. The van der Waals surface area contributed by atoms with Crippen LogP contribution in [0.1, 0.15) is 54.4 Å². The maximum absolute atomic E-state index is 13.0. The molecule has 27 heavy (non-hydrogen) atoms. The van der Waals surface area contributed by atoms with E-state index < -0.39 is 0 Å². The zero-order chi connectivity index (χ0) is 18.0. The number of fused-ring (bicyclic) bond motifs is 2. The first-order valence-electron chi connectivity index (χ1n) is 9.75. The van der Waals surface area contributed by atoms with Gasteiger partial charge in [0.05, 0.1) is 0 Å². The van der Waals surface area contributed by atoms with Crippen molar-refractivity contribution in [3.8, 4) is 0 Å². The minimum Gasteiger partial charge on any atom is -0.299 e. The second kappa shape index (κ2) is 8.66. The van der Waals surface area contributed by atoms with Crippen molar-refractivity contribution < 1.29 is 9.18 Å². The van der Waals surface area contributed by atoms with Gasteiger partial charge in [0.15, 0.2) is 5.78 Å². The van der Waals surface area contributed by atoms with E-state index in [0.29, 0.717) is 23.4 Å². The number of likely N-dealkylation sites (tertiary alicyclic amines) is 1. The highest BCUT2D eigenvalue weighted by Gasteiger charge is 2.46. The molecule has 1 aliphatic carbocycles. The van der Waals surface area contributed by atoms with Crippen LogP contribution in [0.3, 0.4) is 0 Å². The average molecular weight is 432 g/mol. The summed E-state index contributed by atoms with van der Waals surface area (Å²) < 4.78 is 13.0. The van der Waals surface area contributed by atoms with Gasteiger partial charge in [-0.1, -0.05) is 36.8 Å². The Labute approximate surface area is 171 Å². The van der Waals surface area contributed by atoms with Gasteiger partial charge in [0.25, 0.3) is 0 Å². The van der Waals surface area contributed by atoms with E-state index in [0.717, 1.165) is 19.5 Å². The largest absolute Gasteiger partial charge is 0.299 e. The fourth-order valence-corrected chi connectivity index (χ4v) is 4.93. The van der Waals surface area contributed by atoms with Gasteiger partial charge in [0, 0.05) is 30.0 Å². The molecule has 144 valence electrons. The number of Topliss-reactive ketones (excluding diaryl/α,β-unsaturated/α-hetero) is 1. The minimum atomic E-state index is -0.294. The SMILES string of the molecule is Br.O=C(CCCN1CC2(c3ccccc3)CCCC1C2)c1ccc(F)cc1. The fourth-order valence-electron chi connectivity index (χ4n) is 4.93. The third kappa shape index (κ3) is 4.33. The van der Waals surface area contributed by atoms with Crippen LogP contribution >= 0.6 is 17.0 Å². The molecule has 2 aromatic carbocycles. The Balaban J connectivity index is 0.00000210. The van der Waals surface area contributed by atoms with Gasteiger partial charge in [-0.2, -0.15) is 0 Å². The van der Waals surface area contributed by atoms with E-state index in [9.17, 15) is 9.18 Å². The molecule has 0 N–H and O–H groups in total. The number of ketones is 1. The van der Waals surface area contributed by atoms with Crippen molar-refractivity contribution in [2.45, 2.75) is 50.0 Å². The van der Waals surface area contributed by atoms with Crippen LogP contribution in [0.25, 0.3) is 0 Å². The van der Waals surface area contributed by atoms with Crippen LogP contribution in [-0.2, 0) is 5.41 Å². The molecule has 1 saturated carbocycles. The van der Waals surface area contributed by atoms with E-state index in [1.54, 1.807) is 12.1 Å². The maximum Gasteiger partial charge on any atom is 0.162 e. The van der Waals surface area contributed by atoms with E-state index in [1.807, 2.05) is 0 Å². The van der Waals surface area contributed by atoms with Crippen LogP contribution in [0.2, 0.25) is 0 Å². The summed E-state index contributed by atoms with van der Waals surface area (Å²) in [6.07, 6.45) is 6.51. The number of nitrogens with zero attached hydrogens (tertiary/aromatic N) is 1. The van der Waals surface area contributed by atoms with Crippen molar-refractivity contribution in [2.75, 3.05) is 13.1 Å². The lowest BCUT2D eigenvalue weighted by Crippen LogP contribution is -2.31. The lowest BCUT2D eigenvalue weighted by molar-refractivity contribution is 0.0973. The monoisotopic (exact) mass is 431 g/mol. The van der Waals surface area contributed by atoms with Crippen LogP contribution in [0.15, 0.2) is 54.6 Å². The standard InChI is InChI=1S/C23H26FNO.BrH/c24-20-12-10-18(11-13-20)22(26)9-5-15-25-17-23(14-4-8-21(25)16-23)19-6-2-1-3-7-19;/h1-3,6-7,10-13,21H,4-5,8-9,14-17H2;1H. The number of hydrogen-bond donors (Lipinski definition) is 0. The first-order chi connectivity index (χ1) is 12.7. The molecule has 0 amide bonds. The number of carbonyl (C=O) groups is 1.